The van der Waals surface area contributed by atoms with Gasteiger partial charge < -0.3 is 10.6 Å². The Bertz CT molecular complexity index is 440. The summed E-state index contributed by atoms with van der Waals surface area (Å²) in [7, 11) is 0. The second-order valence-electron chi connectivity index (χ2n) is 4.38. The molecule has 0 aliphatic carbocycles. The van der Waals surface area contributed by atoms with E-state index in [1.54, 1.807) is 6.07 Å². The van der Waals surface area contributed by atoms with Gasteiger partial charge in [0.1, 0.15) is 5.82 Å². The summed E-state index contributed by atoms with van der Waals surface area (Å²) in [5.74, 6) is 0.483. The minimum Gasteiger partial charge on any atom is -0.357 e. The minimum atomic E-state index is -0.238. The average Bonchev–Trinajstić information content (AvgIpc) is 2.37. The molecule has 0 fully saturated rings. The predicted molar refractivity (Wildman–Crippen MR) is 97.2 cm³/mol. The van der Waals surface area contributed by atoms with Crippen LogP contribution in [0.2, 0.25) is 0 Å². The second-order valence-corrected chi connectivity index (χ2v) is 5.30. The molecule has 1 aromatic carbocycles. The van der Waals surface area contributed by atoms with E-state index in [4.69, 9.17) is 0 Å². The van der Waals surface area contributed by atoms with Crippen molar-refractivity contribution >= 4 is 45.9 Å². The van der Waals surface area contributed by atoms with Crippen LogP contribution >= 0.6 is 39.9 Å². The third-order valence-electron chi connectivity index (χ3n) is 2.76. The van der Waals surface area contributed by atoms with Gasteiger partial charge in [-0.3, -0.25) is 0 Å². The minimum absolute atomic E-state index is 0. The fourth-order valence-electron chi connectivity index (χ4n) is 1.47. The number of hydrogen-bond donors (Lipinski definition) is 2. The van der Waals surface area contributed by atoms with Crippen LogP contribution in [0.15, 0.2) is 27.7 Å². The van der Waals surface area contributed by atoms with E-state index in [1.165, 1.54) is 6.07 Å². The Morgan fingerprint density at radius 2 is 2.10 bits per heavy atom. The fourth-order valence-corrected chi connectivity index (χ4v) is 1.80. The number of rotatable bonds is 5. The van der Waals surface area contributed by atoms with Crippen LogP contribution in [0, 0.1) is 5.82 Å². The van der Waals surface area contributed by atoms with Crippen molar-refractivity contribution in [3.63, 3.8) is 0 Å². The van der Waals surface area contributed by atoms with Crippen LogP contribution in [-0.2, 0) is 6.54 Å². The van der Waals surface area contributed by atoms with Gasteiger partial charge in [-0.2, -0.15) is 0 Å². The summed E-state index contributed by atoms with van der Waals surface area (Å²) < 4.78 is 14.4. The van der Waals surface area contributed by atoms with Crippen LogP contribution in [0.1, 0.15) is 32.8 Å². The molecule has 0 aromatic heterocycles. The van der Waals surface area contributed by atoms with Gasteiger partial charge in [0.05, 0.1) is 6.54 Å². The van der Waals surface area contributed by atoms with Gasteiger partial charge in [0.25, 0.3) is 0 Å². The van der Waals surface area contributed by atoms with E-state index in [2.05, 4.69) is 45.4 Å². The van der Waals surface area contributed by atoms with Crippen molar-refractivity contribution < 1.29 is 4.39 Å². The molecule has 0 spiro atoms. The molecule has 20 heavy (non-hydrogen) atoms. The Balaban J connectivity index is 0.00000361. The first-order chi connectivity index (χ1) is 9.06. The molecule has 1 unspecified atom stereocenters. The number of halogens is 3. The Morgan fingerprint density at radius 1 is 1.40 bits per heavy atom. The van der Waals surface area contributed by atoms with Gasteiger partial charge in [0.2, 0.25) is 0 Å². The van der Waals surface area contributed by atoms with Crippen molar-refractivity contribution in [3.8, 4) is 0 Å². The molecule has 0 aliphatic heterocycles. The van der Waals surface area contributed by atoms with E-state index in [-0.39, 0.29) is 29.8 Å². The van der Waals surface area contributed by atoms with Gasteiger partial charge in [-0.05, 0) is 32.4 Å². The summed E-state index contributed by atoms with van der Waals surface area (Å²) in [6.45, 7) is 7.31. The Hall–Kier alpha value is -0.370. The third kappa shape index (κ3) is 6.88. The summed E-state index contributed by atoms with van der Waals surface area (Å²) in [6, 6.07) is 5.37. The molecule has 114 valence electrons. The highest BCUT2D eigenvalue weighted by atomic mass is 127. The Morgan fingerprint density at radius 3 is 2.65 bits per heavy atom. The fraction of sp³-hybridized carbons (Fsp3) is 0.500. The highest BCUT2D eigenvalue weighted by Gasteiger charge is 2.05. The lowest BCUT2D eigenvalue weighted by atomic mass is 10.2. The van der Waals surface area contributed by atoms with E-state index >= 15 is 0 Å². The molecule has 0 bridgehead atoms. The molecule has 3 nitrogen and oxygen atoms in total. The van der Waals surface area contributed by atoms with Crippen LogP contribution < -0.4 is 10.6 Å². The van der Waals surface area contributed by atoms with Crippen molar-refractivity contribution in [2.75, 3.05) is 6.54 Å². The lowest BCUT2D eigenvalue weighted by Gasteiger charge is -2.16. The Labute approximate surface area is 146 Å². The lowest BCUT2D eigenvalue weighted by molar-refractivity contribution is 0.606. The molecular formula is C14H22BrFIN3. The zero-order chi connectivity index (χ0) is 14.3. The molecule has 0 amide bonds. The molecule has 0 heterocycles. The number of guanidine groups is 1. The third-order valence-corrected chi connectivity index (χ3v) is 3.26. The second kappa shape index (κ2) is 10.4. The molecular weight excluding hydrogens is 436 g/mol. The normalized spacial score (nSPS) is 12.6. The first-order valence-electron chi connectivity index (χ1n) is 6.55. The smallest absolute Gasteiger partial charge is 0.191 e. The highest BCUT2D eigenvalue weighted by molar-refractivity contribution is 14.0. The van der Waals surface area contributed by atoms with Crippen molar-refractivity contribution in [1.29, 1.82) is 0 Å². The summed E-state index contributed by atoms with van der Waals surface area (Å²) in [4.78, 5) is 4.40. The topological polar surface area (TPSA) is 36.4 Å². The summed E-state index contributed by atoms with van der Waals surface area (Å²) in [6.07, 6.45) is 1.01. The zero-order valence-corrected chi connectivity index (χ0v) is 16.0. The number of benzene rings is 1. The molecule has 1 rings (SSSR count). The SMILES string of the molecule is CCNC(=NCc1ccc(Br)cc1F)NC(C)CC.I. The standard InChI is InChI=1S/C14H21BrFN3.HI/c1-4-10(3)19-14(17-5-2)18-9-11-6-7-12(15)8-13(11)16;/h6-8,10H,4-5,9H2,1-3H3,(H2,17,18,19);1H. The molecule has 1 atom stereocenters. The number of aliphatic imine (C=N–C) groups is 1. The van der Waals surface area contributed by atoms with Crippen molar-refractivity contribution in [2.45, 2.75) is 39.8 Å². The number of hydrogen-bond acceptors (Lipinski definition) is 1. The average molecular weight is 458 g/mol. The molecule has 6 heteroatoms. The molecule has 0 aliphatic rings. The van der Waals surface area contributed by atoms with Crippen LogP contribution in [0.3, 0.4) is 0 Å². The van der Waals surface area contributed by atoms with Crippen LogP contribution in [0.25, 0.3) is 0 Å². The van der Waals surface area contributed by atoms with Gasteiger partial charge >= 0.3 is 0 Å². The Kier molecular flexibility index (Phi) is 10.2. The van der Waals surface area contributed by atoms with Gasteiger partial charge in [0, 0.05) is 22.6 Å². The predicted octanol–water partition coefficient (Wildman–Crippen LogP) is 4.06. The van der Waals surface area contributed by atoms with Crippen LogP contribution in [0.4, 0.5) is 4.39 Å². The monoisotopic (exact) mass is 457 g/mol. The maximum atomic E-state index is 13.7. The maximum absolute atomic E-state index is 13.7. The molecule has 2 N–H and O–H groups in total. The van der Waals surface area contributed by atoms with E-state index < -0.39 is 0 Å². The van der Waals surface area contributed by atoms with Gasteiger partial charge in [0.15, 0.2) is 5.96 Å². The quantitative estimate of drug-likeness (QED) is 0.397. The van der Waals surface area contributed by atoms with E-state index in [9.17, 15) is 4.39 Å². The number of nitrogens with one attached hydrogen (secondary N) is 2. The van der Waals surface area contributed by atoms with Crippen molar-refractivity contribution in [1.82, 2.24) is 10.6 Å². The largest absolute Gasteiger partial charge is 0.357 e. The molecule has 1 aromatic rings. The van der Waals surface area contributed by atoms with E-state index in [1.807, 2.05) is 13.0 Å². The molecule has 0 saturated heterocycles. The van der Waals surface area contributed by atoms with E-state index in [0.29, 0.717) is 18.2 Å². The van der Waals surface area contributed by atoms with Gasteiger partial charge in [-0.15, -0.1) is 24.0 Å². The summed E-state index contributed by atoms with van der Waals surface area (Å²) >= 11 is 3.24. The van der Waals surface area contributed by atoms with Crippen molar-refractivity contribution in [3.05, 3.63) is 34.1 Å². The van der Waals surface area contributed by atoms with Gasteiger partial charge in [-0.25, -0.2) is 9.38 Å². The zero-order valence-electron chi connectivity index (χ0n) is 12.0. The number of nitrogens with zero attached hydrogens (tertiary/aromatic N) is 1. The van der Waals surface area contributed by atoms with Crippen LogP contribution in [0.5, 0.6) is 0 Å². The molecule has 0 radical (unpaired) electrons. The summed E-state index contributed by atoms with van der Waals surface area (Å²) in [5, 5.41) is 6.43. The van der Waals surface area contributed by atoms with Gasteiger partial charge in [-0.1, -0.05) is 28.9 Å². The first-order valence-corrected chi connectivity index (χ1v) is 7.34. The van der Waals surface area contributed by atoms with E-state index in [0.717, 1.165) is 23.4 Å². The first kappa shape index (κ1) is 19.6. The molecule has 0 saturated carbocycles. The van der Waals surface area contributed by atoms with Crippen LogP contribution in [-0.4, -0.2) is 18.5 Å². The highest BCUT2D eigenvalue weighted by Crippen LogP contribution is 2.15. The summed E-state index contributed by atoms with van der Waals surface area (Å²) in [5.41, 5.74) is 0.588. The van der Waals surface area contributed by atoms with Crippen molar-refractivity contribution in [2.24, 2.45) is 4.99 Å². The lowest BCUT2D eigenvalue weighted by Crippen LogP contribution is -2.41. The maximum Gasteiger partial charge on any atom is 0.191 e.